The molecule has 1 heterocycles. The Kier molecular flexibility index (Phi) is 8.96. The van der Waals surface area contributed by atoms with E-state index in [9.17, 15) is 8.78 Å². The Balaban J connectivity index is 1.32. The Bertz CT molecular complexity index is 1070. The Labute approximate surface area is 210 Å². The fourth-order valence-corrected chi connectivity index (χ4v) is 9.06. The van der Waals surface area contributed by atoms with Gasteiger partial charge in [0.05, 0.1) is 5.02 Å². The first kappa shape index (κ1) is 25.1. The first-order valence-corrected chi connectivity index (χ1v) is 15.7. The molecule has 0 nitrogen and oxygen atoms in total. The van der Waals surface area contributed by atoms with Crippen LogP contribution in [-0.4, -0.2) is 8.80 Å². The van der Waals surface area contributed by atoms with E-state index in [0.29, 0.717) is 5.56 Å². The zero-order valence-corrected chi connectivity index (χ0v) is 22.0. The second-order valence-corrected chi connectivity index (χ2v) is 13.8. The molecule has 1 fully saturated rings. The van der Waals surface area contributed by atoms with Crippen molar-refractivity contribution in [3.63, 3.8) is 0 Å². The van der Waals surface area contributed by atoms with Crippen LogP contribution in [0.1, 0.15) is 51.0 Å². The Hall–Kier alpha value is -1.97. The van der Waals surface area contributed by atoms with Crippen LogP contribution in [0.5, 0.6) is 0 Å². The van der Waals surface area contributed by atoms with Crippen molar-refractivity contribution in [3.05, 3.63) is 82.9 Å². The predicted octanol–water partition coefficient (Wildman–Crippen LogP) is 9.71. The van der Waals surface area contributed by atoms with E-state index in [1.807, 2.05) is 30.3 Å². The van der Waals surface area contributed by atoms with Gasteiger partial charge in [0.1, 0.15) is 11.6 Å². The molecule has 34 heavy (non-hydrogen) atoms. The lowest BCUT2D eigenvalue weighted by atomic mass is 9.93. The van der Waals surface area contributed by atoms with Crippen LogP contribution in [0.2, 0.25) is 23.2 Å². The summed E-state index contributed by atoms with van der Waals surface area (Å²) in [4.78, 5) is 0. The van der Waals surface area contributed by atoms with Gasteiger partial charge in [-0.05, 0) is 59.2 Å². The molecule has 1 aliphatic rings. The molecule has 0 radical (unpaired) electrons. The minimum absolute atomic E-state index is 0.111. The molecule has 180 valence electrons. The number of rotatable bonds is 9. The smallest absolute Gasteiger partial charge is 0.142 e. The average molecular weight is 497 g/mol. The molecule has 0 amide bonds. The topological polar surface area (TPSA) is 0 Å². The number of benzene rings is 3. The number of unbranched alkanes of at least 4 members (excludes halogenated alkanes) is 2. The number of halogens is 3. The van der Waals surface area contributed by atoms with Gasteiger partial charge in [-0.1, -0.05) is 111 Å². The second kappa shape index (κ2) is 12.1. The lowest BCUT2D eigenvalue weighted by Gasteiger charge is -2.27. The third-order valence-electron chi connectivity index (χ3n) is 7.51. The number of hydrogen-bond donors (Lipinski definition) is 0. The van der Waals surface area contributed by atoms with Gasteiger partial charge in [-0.2, -0.15) is 0 Å². The van der Waals surface area contributed by atoms with Gasteiger partial charge in [0, 0.05) is 14.4 Å². The molecule has 0 N–H and O–H groups in total. The van der Waals surface area contributed by atoms with E-state index >= 15 is 0 Å². The van der Waals surface area contributed by atoms with E-state index in [0.717, 1.165) is 34.6 Å². The minimum Gasteiger partial charge on any atom is -0.206 e. The molecule has 0 bridgehead atoms. The maximum absolute atomic E-state index is 15.0. The van der Waals surface area contributed by atoms with Crippen molar-refractivity contribution in [1.29, 1.82) is 0 Å². The Morgan fingerprint density at radius 2 is 1.53 bits per heavy atom. The zero-order chi connectivity index (χ0) is 23.9. The molecule has 1 saturated heterocycles. The highest BCUT2D eigenvalue weighted by atomic mass is 35.5. The van der Waals surface area contributed by atoms with Crippen LogP contribution in [0.4, 0.5) is 8.78 Å². The highest BCUT2D eigenvalue weighted by Gasteiger charge is 2.21. The molecule has 0 unspecified atom stereocenters. The summed E-state index contributed by atoms with van der Waals surface area (Å²) in [5.41, 5.74) is 4.16. The van der Waals surface area contributed by atoms with Gasteiger partial charge in [-0.3, -0.25) is 0 Å². The van der Waals surface area contributed by atoms with Gasteiger partial charge in [-0.15, -0.1) is 0 Å². The molecule has 3 aromatic rings. The van der Waals surface area contributed by atoms with Crippen molar-refractivity contribution in [3.8, 4) is 22.3 Å². The highest BCUT2D eigenvalue weighted by Crippen LogP contribution is 2.32. The van der Waals surface area contributed by atoms with Crippen LogP contribution in [-0.2, 0) is 6.42 Å². The summed E-state index contributed by atoms with van der Waals surface area (Å²) in [5.74, 6) is 0.213. The largest absolute Gasteiger partial charge is 0.206 e. The summed E-state index contributed by atoms with van der Waals surface area (Å²) in [5, 5.41) is 0.111. The normalized spacial score (nSPS) is 18.2. The van der Waals surface area contributed by atoms with Crippen molar-refractivity contribution in [2.24, 2.45) is 5.92 Å². The highest BCUT2D eigenvalue weighted by molar-refractivity contribution is 6.58. The molecule has 0 spiro atoms. The number of aryl methyl sites for hydroxylation is 1. The van der Waals surface area contributed by atoms with Crippen molar-refractivity contribution < 1.29 is 8.78 Å². The van der Waals surface area contributed by atoms with Gasteiger partial charge in [0.15, 0.2) is 0 Å². The maximum atomic E-state index is 15.0. The first-order chi connectivity index (χ1) is 16.5. The SMILES string of the molecule is CCCCC[SiH]1CCC(CCc2ccc(-c3ccc(-c4ccc(Cl)c(F)c4)cc3)c(F)c2)CC1. The fraction of sp³-hybridized carbons (Fsp3) is 0.400. The molecule has 0 aromatic heterocycles. The molecular formula is C30H35ClF2Si. The quantitative estimate of drug-likeness (QED) is 0.204. The molecule has 3 aromatic carbocycles. The summed E-state index contributed by atoms with van der Waals surface area (Å²) in [6.07, 6.45) is 9.12. The summed E-state index contributed by atoms with van der Waals surface area (Å²) < 4.78 is 28.7. The van der Waals surface area contributed by atoms with Gasteiger partial charge < -0.3 is 0 Å². The third-order valence-corrected chi connectivity index (χ3v) is 11.3. The maximum Gasteiger partial charge on any atom is 0.142 e. The number of hydrogen-bond acceptors (Lipinski definition) is 0. The van der Waals surface area contributed by atoms with Crippen LogP contribution >= 0.6 is 11.6 Å². The molecule has 4 heteroatoms. The Morgan fingerprint density at radius 3 is 2.21 bits per heavy atom. The van der Waals surface area contributed by atoms with Gasteiger partial charge in [0.2, 0.25) is 0 Å². The summed E-state index contributed by atoms with van der Waals surface area (Å²) in [6, 6.07) is 22.6. The predicted molar refractivity (Wildman–Crippen MR) is 144 cm³/mol. The average Bonchev–Trinajstić information content (AvgIpc) is 2.86. The second-order valence-electron chi connectivity index (χ2n) is 9.94. The van der Waals surface area contributed by atoms with E-state index in [-0.39, 0.29) is 10.8 Å². The molecule has 0 aliphatic carbocycles. The molecule has 4 rings (SSSR count). The van der Waals surface area contributed by atoms with Crippen LogP contribution in [0.3, 0.4) is 0 Å². The molecule has 0 saturated carbocycles. The van der Waals surface area contributed by atoms with Gasteiger partial charge in [-0.25, -0.2) is 8.78 Å². The lowest BCUT2D eigenvalue weighted by Crippen LogP contribution is -2.21. The van der Waals surface area contributed by atoms with Crippen molar-refractivity contribution in [2.45, 2.75) is 70.0 Å². The van der Waals surface area contributed by atoms with Crippen molar-refractivity contribution in [1.82, 2.24) is 0 Å². The van der Waals surface area contributed by atoms with Crippen molar-refractivity contribution >= 4 is 20.4 Å². The van der Waals surface area contributed by atoms with E-state index in [4.69, 9.17) is 11.6 Å². The van der Waals surface area contributed by atoms with E-state index in [2.05, 4.69) is 13.0 Å². The molecular weight excluding hydrogens is 462 g/mol. The van der Waals surface area contributed by atoms with Gasteiger partial charge in [0.25, 0.3) is 0 Å². The first-order valence-electron chi connectivity index (χ1n) is 12.9. The van der Waals surface area contributed by atoms with Crippen LogP contribution in [0.25, 0.3) is 22.3 Å². The Morgan fingerprint density at radius 1 is 0.824 bits per heavy atom. The van der Waals surface area contributed by atoms with Crippen molar-refractivity contribution in [2.75, 3.05) is 0 Å². The van der Waals surface area contributed by atoms with E-state index < -0.39 is 14.6 Å². The van der Waals surface area contributed by atoms with E-state index in [1.165, 1.54) is 56.7 Å². The van der Waals surface area contributed by atoms with Gasteiger partial charge >= 0.3 is 0 Å². The minimum atomic E-state index is -0.458. The lowest BCUT2D eigenvalue weighted by molar-refractivity contribution is 0.436. The molecule has 1 aliphatic heterocycles. The summed E-state index contributed by atoms with van der Waals surface area (Å²) in [6.45, 7) is 2.29. The standard InChI is InChI=1S/C30H35ClF2Si/c1-2-3-4-17-34-18-15-22(16-19-34)5-6-23-7-13-27(29(32)20-23)25-10-8-24(9-11-25)26-12-14-28(31)30(33)21-26/h7-14,20-22,34H,2-6,15-19H2,1H3. The molecule has 0 atom stereocenters. The summed E-state index contributed by atoms with van der Waals surface area (Å²) in [7, 11) is -0.458. The van der Waals surface area contributed by atoms with Crippen LogP contribution in [0, 0.1) is 17.6 Å². The zero-order valence-electron chi connectivity index (χ0n) is 20.1. The van der Waals surface area contributed by atoms with E-state index in [1.54, 1.807) is 24.2 Å². The van der Waals surface area contributed by atoms with Crippen LogP contribution in [0.15, 0.2) is 60.7 Å². The third kappa shape index (κ3) is 6.58. The van der Waals surface area contributed by atoms with Crippen LogP contribution < -0.4 is 0 Å². The fourth-order valence-electron chi connectivity index (χ4n) is 5.33. The summed E-state index contributed by atoms with van der Waals surface area (Å²) >= 11 is 5.78. The monoisotopic (exact) mass is 496 g/mol.